The van der Waals surface area contributed by atoms with Crippen LogP contribution in [0.1, 0.15) is 20.7 Å². The quantitative estimate of drug-likeness (QED) is 0.605. The third kappa shape index (κ3) is 4.35. The monoisotopic (exact) mass is 488 g/mol. The van der Waals surface area contributed by atoms with Crippen LogP contribution in [0.25, 0.3) is 11.1 Å². The second kappa shape index (κ2) is 9.07. The molecule has 3 aromatic rings. The molecule has 0 saturated carbocycles. The van der Waals surface area contributed by atoms with Gasteiger partial charge in [-0.15, -0.1) is 0 Å². The van der Waals surface area contributed by atoms with Crippen LogP contribution >= 0.6 is 11.6 Å². The number of benzene rings is 3. The Hall–Kier alpha value is -3.84. The molecule has 5 rings (SSSR count). The van der Waals surface area contributed by atoms with Gasteiger partial charge in [0.2, 0.25) is 5.91 Å². The van der Waals surface area contributed by atoms with E-state index in [1.165, 1.54) is 0 Å². The molecule has 0 unspecified atom stereocenters. The van der Waals surface area contributed by atoms with Crippen LogP contribution in [-0.4, -0.2) is 67.3 Å². The van der Waals surface area contributed by atoms with Gasteiger partial charge in [-0.05, 0) is 59.7 Å². The number of carbonyl (C=O) groups excluding carboxylic acids is 3. The fourth-order valence-electron chi connectivity index (χ4n) is 4.54. The summed E-state index contributed by atoms with van der Waals surface area (Å²) >= 11 is 6.01. The number of anilines is 2. The molecule has 2 aliphatic rings. The Bertz CT molecular complexity index is 1310. The zero-order chi connectivity index (χ0) is 24.7. The lowest BCUT2D eigenvalue weighted by Gasteiger charge is -2.39. The molecule has 3 amide bonds. The molecule has 2 heterocycles. The van der Waals surface area contributed by atoms with Gasteiger partial charge in [0.05, 0.1) is 17.8 Å². The van der Waals surface area contributed by atoms with E-state index in [-0.39, 0.29) is 30.8 Å². The number of nitrogens with zero attached hydrogens (tertiary/aromatic N) is 3. The molecule has 1 atom stereocenters. The zero-order valence-corrected chi connectivity index (χ0v) is 20.2. The fourth-order valence-corrected chi connectivity index (χ4v) is 4.67. The van der Waals surface area contributed by atoms with Crippen LogP contribution in [0.5, 0.6) is 0 Å². The minimum atomic E-state index is -0.757. The second-order valence-corrected chi connectivity index (χ2v) is 9.40. The highest BCUT2D eigenvalue weighted by molar-refractivity contribution is 6.30. The van der Waals surface area contributed by atoms with E-state index in [1.54, 1.807) is 46.2 Å². The number of fused-ring (bicyclic) bond motifs is 2. The summed E-state index contributed by atoms with van der Waals surface area (Å²) in [4.78, 5) is 44.9. The SMILES string of the molecule is CN(C)c1ccc(C(=O)N2CCN3C(=O)c4cc(-c5ccc(Cl)cc5)ccc4NC(=O)[C@H]3C2)cc1. The van der Waals surface area contributed by atoms with Crippen LogP contribution in [0.15, 0.2) is 66.7 Å². The summed E-state index contributed by atoms with van der Waals surface area (Å²) in [5, 5.41) is 3.53. The van der Waals surface area contributed by atoms with Crippen molar-refractivity contribution in [2.24, 2.45) is 0 Å². The van der Waals surface area contributed by atoms with E-state index < -0.39 is 6.04 Å². The number of amides is 3. The van der Waals surface area contributed by atoms with Gasteiger partial charge in [-0.1, -0.05) is 29.8 Å². The summed E-state index contributed by atoms with van der Waals surface area (Å²) in [6.07, 6.45) is 0. The van der Waals surface area contributed by atoms with E-state index in [2.05, 4.69) is 5.32 Å². The zero-order valence-electron chi connectivity index (χ0n) is 19.5. The van der Waals surface area contributed by atoms with Crippen molar-refractivity contribution in [1.82, 2.24) is 9.80 Å². The average molecular weight is 489 g/mol. The van der Waals surface area contributed by atoms with Crippen LogP contribution in [0.4, 0.5) is 11.4 Å². The van der Waals surface area contributed by atoms with Gasteiger partial charge >= 0.3 is 0 Å². The second-order valence-electron chi connectivity index (χ2n) is 8.96. The standard InChI is InChI=1S/C27H25ClN4O3/c1-30(2)21-10-5-18(6-11-21)26(34)31-13-14-32-24(16-31)25(33)29-23-12-7-19(15-22(23)27(32)35)17-3-8-20(28)9-4-17/h3-12,15,24H,13-14,16H2,1-2H3,(H,29,33)/t24-/m1/s1. The first-order chi connectivity index (χ1) is 16.8. The fraction of sp³-hybridized carbons (Fsp3) is 0.222. The van der Waals surface area contributed by atoms with Gasteiger partial charge in [-0.3, -0.25) is 14.4 Å². The highest BCUT2D eigenvalue weighted by atomic mass is 35.5. The normalized spacial score (nSPS) is 17.3. The molecule has 35 heavy (non-hydrogen) atoms. The van der Waals surface area contributed by atoms with Crippen LogP contribution in [-0.2, 0) is 4.79 Å². The summed E-state index contributed by atoms with van der Waals surface area (Å²) in [6.45, 7) is 0.781. The van der Waals surface area contributed by atoms with Crippen molar-refractivity contribution in [1.29, 1.82) is 0 Å². The molecule has 0 aromatic heterocycles. The Morgan fingerprint density at radius 3 is 2.31 bits per heavy atom. The summed E-state index contributed by atoms with van der Waals surface area (Å²) in [7, 11) is 3.88. The van der Waals surface area contributed by atoms with E-state index in [0.29, 0.717) is 28.4 Å². The molecule has 1 fully saturated rings. The van der Waals surface area contributed by atoms with Gasteiger partial charge in [0, 0.05) is 43.5 Å². The molecule has 0 aliphatic carbocycles. The van der Waals surface area contributed by atoms with E-state index in [9.17, 15) is 14.4 Å². The lowest BCUT2D eigenvalue weighted by atomic mass is 10.0. The topological polar surface area (TPSA) is 73.0 Å². The third-order valence-corrected chi connectivity index (χ3v) is 6.80. The molecule has 3 aromatic carbocycles. The van der Waals surface area contributed by atoms with Gasteiger partial charge in [0.15, 0.2) is 0 Å². The van der Waals surface area contributed by atoms with Gasteiger partial charge in [0.25, 0.3) is 11.8 Å². The smallest absolute Gasteiger partial charge is 0.256 e. The van der Waals surface area contributed by atoms with Crippen LogP contribution in [0.3, 0.4) is 0 Å². The summed E-state index contributed by atoms with van der Waals surface area (Å²) in [6, 6.07) is 19.4. The highest BCUT2D eigenvalue weighted by Crippen LogP contribution is 2.31. The molecule has 0 radical (unpaired) electrons. The maximum absolute atomic E-state index is 13.5. The molecule has 178 valence electrons. The Morgan fingerprint density at radius 2 is 1.63 bits per heavy atom. The lowest BCUT2D eigenvalue weighted by Crippen LogP contribution is -2.59. The predicted octanol–water partition coefficient (Wildman–Crippen LogP) is 3.99. The van der Waals surface area contributed by atoms with Crippen molar-refractivity contribution in [3.05, 3.63) is 82.9 Å². The number of halogens is 1. The molecule has 7 nitrogen and oxygen atoms in total. The number of piperazine rings is 1. The molecule has 8 heteroatoms. The van der Waals surface area contributed by atoms with Gasteiger partial charge in [-0.2, -0.15) is 0 Å². The molecule has 0 spiro atoms. The van der Waals surface area contributed by atoms with Crippen molar-refractivity contribution in [2.75, 3.05) is 43.9 Å². The Morgan fingerprint density at radius 1 is 0.943 bits per heavy atom. The molecule has 0 bridgehead atoms. The van der Waals surface area contributed by atoms with Crippen molar-refractivity contribution in [3.8, 4) is 11.1 Å². The molecular weight excluding hydrogens is 464 g/mol. The molecule has 1 saturated heterocycles. The van der Waals surface area contributed by atoms with Crippen molar-refractivity contribution >= 4 is 40.7 Å². The Labute approximate surface area is 208 Å². The van der Waals surface area contributed by atoms with Crippen molar-refractivity contribution in [2.45, 2.75) is 6.04 Å². The van der Waals surface area contributed by atoms with Gasteiger partial charge in [-0.25, -0.2) is 0 Å². The first-order valence-corrected chi connectivity index (χ1v) is 11.8. The highest BCUT2D eigenvalue weighted by Gasteiger charge is 2.40. The largest absolute Gasteiger partial charge is 0.378 e. The number of rotatable bonds is 3. The summed E-state index contributed by atoms with van der Waals surface area (Å²) < 4.78 is 0. The third-order valence-electron chi connectivity index (χ3n) is 6.55. The number of hydrogen-bond donors (Lipinski definition) is 1. The maximum atomic E-state index is 13.5. The first kappa shape index (κ1) is 22.9. The van der Waals surface area contributed by atoms with Gasteiger partial charge in [0.1, 0.15) is 6.04 Å². The lowest BCUT2D eigenvalue weighted by molar-refractivity contribution is -0.121. The van der Waals surface area contributed by atoms with Crippen molar-refractivity contribution in [3.63, 3.8) is 0 Å². The minimum absolute atomic E-state index is 0.143. The van der Waals surface area contributed by atoms with E-state index >= 15 is 0 Å². The maximum Gasteiger partial charge on any atom is 0.256 e. The summed E-state index contributed by atoms with van der Waals surface area (Å²) in [5.41, 5.74) is 4.25. The first-order valence-electron chi connectivity index (χ1n) is 11.4. The Kier molecular flexibility index (Phi) is 5.94. The van der Waals surface area contributed by atoms with E-state index in [0.717, 1.165) is 16.8 Å². The average Bonchev–Trinajstić information content (AvgIpc) is 2.97. The number of carbonyl (C=O) groups is 3. The van der Waals surface area contributed by atoms with E-state index in [1.807, 2.05) is 49.3 Å². The Balaban J connectivity index is 1.38. The summed E-state index contributed by atoms with van der Waals surface area (Å²) in [5.74, 6) is -0.666. The number of nitrogens with one attached hydrogen (secondary N) is 1. The minimum Gasteiger partial charge on any atom is -0.378 e. The van der Waals surface area contributed by atoms with Crippen LogP contribution in [0.2, 0.25) is 5.02 Å². The predicted molar refractivity (Wildman–Crippen MR) is 137 cm³/mol. The van der Waals surface area contributed by atoms with Crippen LogP contribution < -0.4 is 10.2 Å². The molecule has 1 N–H and O–H groups in total. The van der Waals surface area contributed by atoms with E-state index in [4.69, 9.17) is 11.6 Å². The number of hydrogen-bond acceptors (Lipinski definition) is 4. The van der Waals surface area contributed by atoms with Gasteiger partial charge < -0.3 is 20.0 Å². The van der Waals surface area contributed by atoms with Crippen LogP contribution in [0, 0.1) is 0 Å². The molecule has 2 aliphatic heterocycles. The molecular formula is C27H25ClN4O3. The van der Waals surface area contributed by atoms with Crippen molar-refractivity contribution < 1.29 is 14.4 Å².